The zero-order valence-corrected chi connectivity index (χ0v) is 17.1. The molecule has 0 atom stereocenters. The van der Waals surface area contributed by atoms with Crippen LogP contribution < -0.4 is 5.73 Å². The van der Waals surface area contributed by atoms with E-state index in [1.165, 1.54) is 6.33 Å². The van der Waals surface area contributed by atoms with Crippen LogP contribution in [0.25, 0.3) is 11.0 Å². The summed E-state index contributed by atoms with van der Waals surface area (Å²) in [7, 11) is 0. The van der Waals surface area contributed by atoms with Crippen molar-refractivity contribution >= 4 is 45.3 Å². The van der Waals surface area contributed by atoms with Crippen molar-refractivity contribution in [2.75, 3.05) is 31.9 Å². The van der Waals surface area contributed by atoms with Gasteiger partial charge in [-0.15, -0.1) is 0 Å². The number of nitrogen functional groups attached to an aromatic ring is 1. The number of carbonyl (C=O) groups is 1. The van der Waals surface area contributed by atoms with E-state index in [2.05, 4.69) is 42.1 Å². The molecule has 1 saturated heterocycles. The van der Waals surface area contributed by atoms with Gasteiger partial charge in [-0.1, -0.05) is 0 Å². The number of fused-ring (bicyclic) bond motifs is 1. The van der Waals surface area contributed by atoms with Gasteiger partial charge < -0.3 is 10.6 Å². The Balaban J connectivity index is 1.42. The number of rotatable bonds is 2. The predicted molar refractivity (Wildman–Crippen MR) is 108 cm³/mol. The molecule has 0 spiro atoms. The van der Waals surface area contributed by atoms with Gasteiger partial charge in [-0.2, -0.15) is 5.10 Å². The first kappa shape index (κ1) is 17.9. The van der Waals surface area contributed by atoms with Crippen LogP contribution in [0.2, 0.25) is 0 Å². The van der Waals surface area contributed by atoms with E-state index in [4.69, 9.17) is 10.8 Å². The molecule has 0 bridgehead atoms. The SMILES string of the molecule is CC(=O)N1CCN([C@H]2CC[C@H](n3nc(I)c4c(N)ncnc43)CC2)CC1. The summed E-state index contributed by atoms with van der Waals surface area (Å²) in [6.07, 6.45) is 6.02. The van der Waals surface area contributed by atoms with Crippen LogP contribution in [-0.4, -0.2) is 67.7 Å². The number of amides is 1. The van der Waals surface area contributed by atoms with Gasteiger partial charge >= 0.3 is 0 Å². The van der Waals surface area contributed by atoms with Crippen molar-refractivity contribution in [3.8, 4) is 0 Å². The number of anilines is 1. The molecule has 0 aromatic carbocycles. The Morgan fingerprint density at radius 1 is 1.12 bits per heavy atom. The summed E-state index contributed by atoms with van der Waals surface area (Å²) in [5.41, 5.74) is 6.86. The summed E-state index contributed by atoms with van der Waals surface area (Å²) >= 11 is 2.21. The number of nitrogens with zero attached hydrogens (tertiary/aromatic N) is 6. The highest BCUT2D eigenvalue weighted by atomic mass is 127. The number of piperazine rings is 1. The molecule has 2 aromatic heterocycles. The lowest BCUT2D eigenvalue weighted by Gasteiger charge is -2.41. The van der Waals surface area contributed by atoms with Crippen LogP contribution >= 0.6 is 22.6 Å². The van der Waals surface area contributed by atoms with Gasteiger partial charge in [0, 0.05) is 39.1 Å². The molecule has 26 heavy (non-hydrogen) atoms. The van der Waals surface area contributed by atoms with Crippen molar-refractivity contribution in [2.24, 2.45) is 0 Å². The molecule has 1 aliphatic carbocycles. The molecule has 9 heteroatoms. The molecule has 140 valence electrons. The van der Waals surface area contributed by atoms with E-state index in [9.17, 15) is 4.79 Å². The molecule has 0 unspecified atom stereocenters. The Morgan fingerprint density at radius 2 is 1.77 bits per heavy atom. The molecule has 1 amide bonds. The highest BCUT2D eigenvalue weighted by Crippen LogP contribution is 2.34. The Morgan fingerprint density at radius 3 is 2.42 bits per heavy atom. The third-order valence-corrected chi connectivity index (χ3v) is 6.52. The average molecular weight is 469 g/mol. The van der Waals surface area contributed by atoms with Crippen molar-refractivity contribution in [2.45, 2.75) is 44.7 Å². The van der Waals surface area contributed by atoms with Crippen molar-refractivity contribution in [1.82, 2.24) is 29.5 Å². The monoisotopic (exact) mass is 469 g/mol. The molecule has 1 aliphatic heterocycles. The molecule has 2 fully saturated rings. The first-order valence-corrected chi connectivity index (χ1v) is 10.3. The lowest BCUT2D eigenvalue weighted by Crippen LogP contribution is -2.52. The summed E-state index contributed by atoms with van der Waals surface area (Å²) in [6.45, 7) is 5.34. The number of aromatic nitrogens is 4. The van der Waals surface area contributed by atoms with E-state index in [-0.39, 0.29) is 5.91 Å². The van der Waals surface area contributed by atoms with Gasteiger partial charge in [0.05, 0.1) is 11.4 Å². The van der Waals surface area contributed by atoms with Gasteiger partial charge in [-0.05, 0) is 48.3 Å². The quantitative estimate of drug-likeness (QED) is 0.673. The largest absolute Gasteiger partial charge is 0.383 e. The van der Waals surface area contributed by atoms with Crippen LogP contribution in [0.3, 0.4) is 0 Å². The fourth-order valence-corrected chi connectivity index (χ4v) is 5.03. The van der Waals surface area contributed by atoms with E-state index in [0.29, 0.717) is 17.9 Å². The molecule has 2 aliphatic rings. The van der Waals surface area contributed by atoms with Crippen LogP contribution in [0.4, 0.5) is 5.82 Å². The Kier molecular flexibility index (Phi) is 5.00. The molecule has 8 nitrogen and oxygen atoms in total. The molecule has 0 radical (unpaired) electrons. The molecule has 2 aromatic rings. The Hall–Kier alpha value is -1.49. The number of hydrogen-bond acceptors (Lipinski definition) is 6. The zero-order chi connectivity index (χ0) is 18.3. The van der Waals surface area contributed by atoms with Gasteiger partial charge in [0.2, 0.25) is 5.91 Å². The van der Waals surface area contributed by atoms with Gasteiger partial charge in [-0.25, -0.2) is 14.6 Å². The van der Waals surface area contributed by atoms with E-state index in [1.54, 1.807) is 6.92 Å². The van der Waals surface area contributed by atoms with Crippen LogP contribution in [0.15, 0.2) is 6.33 Å². The standard InChI is InChI=1S/C17H24IN7O/c1-11(26)23-6-8-24(9-7-23)12-2-4-13(5-3-12)25-17-14(15(18)22-25)16(19)20-10-21-17/h10,12-13H,2-9H2,1H3,(H2,19,20,21)/t12-,13-. The van der Waals surface area contributed by atoms with E-state index in [1.807, 2.05) is 4.90 Å². The third kappa shape index (κ3) is 3.26. The van der Waals surface area contributed by atoms with Crippen molar-refractivity contribution < 1.29 is 4.79 Å². The normalized spacial score (nSPS) is 24.9. The summed E-state index contributed by atoms with van der Waals surface area (Å²) in [5, 5.41) is 5.58. The smallest absolute Gasteiger partial charge is 0.219 e. The summed E-state index contributed by atoms with van der Waals surface area (Å²) in [4.78, 5) is 24.5. The van der Waals surface area contributed by atoms with Crippen molar-refractivity contribution in [3.05, 3.63) is 10.0 Å². The average Bonchev–Trinajstić information content (AvgIpc) is 3.00. The maximum atomic E-state index is 11.5. The second kappa shape index (κ2) is 7.26. The highest BCUT2D eigenvalue weighted by molar-refractivity contribution is 14.1. The minimum absolute atomic E-state index is 0.190. The van der Waals surface area contributed by atoms with Gasteiger partial charge in [0.1, 0.15) is 15.8 Å². The highest BCUT2D eigenvalue weighted by Gasteiger charge is 2.31. The number of nitrogens with two attached hydrogens (primary N) is 1. The molecular formula is C17H24IN7O. The fourth-order valence-electron chi connectivity index (χ4n) is 4.28. The molecule has 4 rings (SSSR count). The van der Waals surface area contributed by atoms with Crippen LogP contribution in [0.5, 0.6) is 0 Å². The van der Waals surface area contributed by atoms with E-state index < -0.39 is 0 Å². The first-order chi connectivity index (χ1) is 12.5. The summed E-state index contributed by atoms with van der Waals surface area (Å²) in [5.74, 6) is 0.692. The lowest BCUT2D eigenvalue weighted by molar-refractivity contribution is -0.131. The van der Waals surface area contributed by atoms with Crippen LogP contribution in [0.1, 0.15) is 38.6 Å². The van der Waals surface area contributed by atoms with E-state index in [0.717, 1.165) is 66.6 Å². The Bertz CT molecular complexity index is 807. The fraction of sp³-hybridized carbons (Fsp3) is 0.647. The van der Waals surface area contributed by atoms with Gasteiger partial charge in [0.25, 0.3) is 0 Å². The summed E-state index contributed by atoms with van der Waals surface area (Å²) in [6, 6.07) is 0.978. The van der Waals surface area contributed by atoms with Gasteiger partial charge in [-0.3, -0.25) is 9.69 Å². The molecule has 1 saturated carbocycles. The third-order valence-electron chi connectivity index (χ3n) is 5.76. The van der Waals surface area contributed by atoms with Gasteiger partial charge in [0.15, 0.2) is 5.65 Å². The van der Waals surface area contributed by atoms with Crippen molar-refractivity contribution in [3.63, 3.8) is 0 Å². The van der Waals surface area contributed by atoms with E-state index >= 15 is 0 Å². The zero-order valence-electron chi connectivity index (χ0n) is 14.9. The van der Waals surface area contributed by atoms with Crippen LogP contribution in [-0.2, 0) is 4.79 Å². The van der Waals surface area contributed by atoms with Crippen molar-refractivity contribution in [1.29, 1.82) is 0 Å². The minimum Gasteiger partial charge on any atom is -0.383 e. The second-order valence-electron chi connectivity index (χ2n) is 7.20. The second-order valence-corrected chi connectivity index (χ2v) is 8.22. The summed E-state index contributed by atoms with van der Waals surface area (Å²) < 4.78 is 2.93. The Labute approximate surface area is 166 Å². The number of carbonyl (C=O) groups excluding carboxylic acids is 1. The maximum absolute atomic E-state index is 11.5. The number of halogens is 1. The molecular weight excluding hydrogens is 445 g/mol. The maximum Gasteiger partial charge on any atom is 0.219 e. The molecule has 3 heterocycles. The minimum atomic E-state index is 0.190. The lowest BCUT2D eigenvalue weighted by atomic mass is 9.90. The van der Waals surface area contributed by atoms with Crippen LogP contribution in [0, 0.1) is 3.70 Å². The predicted octanol–water partition coefficient (Wildman–Crippen LogP) is 1.66. The topological polar surface area (TPSA) is 93.2 Å². The molecule has 2 N–H and O–H groups in total. The number of hydrogen-bond donors (Lipinski definition) is 1. The first-order valence-electron chi connectivity index (χ1n) is 9.18.